The van der Waals surface area contributed by atoms with E-state index in [2.05, 4.69) is 11.0 Å². The van der Waals surface area contributed by atoms with Crippen molar-refractivity contribution in [2.75, 3.05) is 20.8 Å². The minimum absolute atomic E-state index is 0.292. The van der Waals surface area contributed by atoms with Crippen molar-refractivity contribution in [3.8, 4) is 23.8 Å². The van der Waals surface area contributed by atoms with Crippen LogP contribution in [0, 0.1) is 12.3 Å². The lowest BCUT2D eigenvalue weighted by molar-refractivity contribution is 0.000760. The number of methoxy groups -OCH3 is 2. The van der Waals surface area contributed by atoms with Crippen LogP contribution in [0.2, 0.25) is 0 Å². The quantitative estimate of drug-likeness (QED) is 0.402. The third-order valence-corrected chi connectivity index (χ3v) is 5.06. The molecule has 0 aliphatic carbocycles. The smallest absolute Gasteiger partial charge is 0.212 e. The fraction of sp³-hybridized carbons (Fsp3) is 0.231. The van der Waals surface area contributed by atoms with E-state index in [-0.39, 0.29) is 0 Å². The van der Waals surface area contributed by atoms with Gasteiger partial charge in [-0.25, -0.2) is 0 Å². The van der Waals surface area contributed by atoms with Gasteiger partial charge < -0.3 is 19.3 Å². The third-order valence-electron chi connectivity index (χ3n) is 5.06. The number of hydrogen-bond acceptors (Lipinski definition) is 4. The van der Waals surface area contributed by atoms with Crippen LogP contribution in [0.1, 0.15) is 23.1 Å². The first kappa shape index (κ1) is 20.0. The second-order valence-electron chi connectivity index (χ2n) is 6.80. The number of hydrogen-bond donors (Lipinski definition) is 1. The van der Waals surface area contributed by atoms with Crippen molar-refractivity contribution in [2.45, 2.75) is 18.1 Å². The molecular weight excluding hydrogens is 376 g/mol. The molecule has 0 aliphatic heterocycles. The van der Waals surface area contributed by atoms with Gasteiger partial charge in [0.05, 0.1) is 20.8 Å². The molecule has 0 aromatic heterocycles. The van der Waals surface area contributed by atoms with E-state index >= 15 is 0 Å². The maximum absolute atomic E-state index is 7.15. The second-order valence-corrected chi connectivity index (χ2v) is 6.80. The fourth-order valence-electron chi connectivity index (χ4n) is 3.48. The van der Waals surface area contributed by atoms with Crippen LogP contribution < -0.4 is 9.47 Å². The summed E-state index contributed by atoms with van der Waals surface area (Å²) in [7, 11) is 3.28. The molecule has 0 radical (unpaired) electrons. The molecule has 0 fully saturated rings. The number of aliphatic hydroxyl groups excluding tert-OH is 1. The Morgan fingerprint density at radius 1 is 0.867 bits per heavy atom. The zero-order valence-corrected chi connectivity index (χ0v) is 17.2. The topological polar surface area (TPSA) is 47.9 Å². The second kappa shape index (κ2) is 9.98. The molecule has 0 heterocycles. The van der Waals surface area contributed by atoms with E-state index < -0.39 is 11.7 Å². The lowest BCUT2D eigenvalue weighted by atomic mass is 9.80. The van der Waals surface area contributed by atoms with Crippen LogP contribution in [0.5, 0.6) is 11.5 Å². The van der Waals surface area contributed by atoms with Crippen molar-refractivity contribution < 1.29 is 19.3 Å². The SMILES string of the molecule is [3H]O[C@H](C#C)CCOC(c1ccccc1)(c1ccc(OC)cc1)c1ccc(OC)cc1. The van der Waals surface area contributed by atoms with Gasteiger partial charge in [0.15, 0.2) is 0 Å². The summed E-state index contributed by atoms with van der Waals surface area (Å²) in [6, 6.07) is 25.6. The molecule has 1 atom stereocenters. The Kier molecular flexibility index (Phi) is 6.66. The van der Waals surface area contributed by atoms with Crippen LogP contribution in [0.25, 0.3) is 0 Å². The van der Waals surface area contributed by atoms with Crippen LogP contribution in [0.3, 0.4) is 0 Å². The summed E-state index contributed by atoms with van der Waals surface area (Å²) in [6.45, 7) is 0.292. The minimum Gasteiger partial charge on any atom is -0.497 e. The van der Waals surface area contributed by atoms with E-state index in [0.717, 1.165) is 28.2 Å². The van der Waals surface area contributed by atoms with Crippen molar-refractivity contribution in [3.05, 3.63) is 95.6 Å². The number of ether oxygens (including phenoxy) is 3. The van der Waals surface area contributed by atoms with Gasteiger partial charge >= 0.3 is 0 Å². The van der Waals surface area contributed by atoms with Gasteiger partial charge in [-0.2, -0.15) is 0 Å². The van der Waals surface area contributed by atoms with Crippen LogP contribution in [-0.4, -0.2) is 33.5 Å². The molecule has 1 N–H and O–H groups in total. The molecule has 0 amide bonds. The summed E-state index contributed by atoms with van der Waals surface area (Å²) >= 11 is 0. The van der Waals surface area contributed by atoms with Crippen LogP contribution >= 0.6 is 0 Å². The number of rotatable bonds is 10. The van der Waals surface area contributed by atoms with Gasteiger partial charge in [-0.05, 0) is 41.0 Å². The molecular formula is C26H26O4. The molecule has 4 nitrogen and oxygen atoms in total. The third kappa shape index (κ3) is 4.49. The van der Waals surface area contributed by atoms with Gasteiger partial charge in [0.2, 0.25) is 1.43 Å². The highest BCUT2D eigenvalue weighted by molar-refractivity contribution is 5.49. The summed E-state index contributed by atoms with van der Waals surface area (Å²) in [5, 5.41) is 4.59. The first-order valence-electron chi connectivity index (χ1n) is 10.2. The Hall–Kier alpha value is -3.26. The summed E-state index contributed by atoms with van der Waals surface area (Å²) in [6.07, 6.45) is 5.20. The predicted molar refractivity (Wildman–Crippen MR) is 118 cm³/mol. The largest absolute Gasteiger partial charge is 0.497 e. The van der Waals surface area contributed by atoms with E-state index in [1.807, 2.05) is 78.9 Å². The van der Waals surface area contributed by atoms with Gasteiger partial charge in [0, 0.05) is 6.42 Å². The fourth-order valence-corrected chi connectivity index (χ4v) is 3.48. The van der Waals surface area contributed by atoms with E-state index in [0.29, 0.717) is 13.0 Å². The lowest BCUT2D eigenvalue weighted by Crippen LogP contribution is -2.34. The highest BCUT2D eigenvalue weighted by Crippen LogP contribution is 2.41. The molecule has 154 valence electrons. The lowest BCUT2D eigenvalue weighted by Gasteiger charge is -2.36. The van der Waals surface area contributed by atoms with Crippen LogP contribution in [0.4, 0.5) is 0 Å². The molecule has 0 spiro atoms. The molecule has 0 bridgehead atoms. The van der Waals surface area contributed by atoms with Gasteiger partial charge in [-0.1, -0.05) is 60.5 Å². The van der Waals surface area contributed by atoms with Gasteiger partial charge in [0.1, 0.15) is 23.2 Å². The molecule has 0 aliphatic rings. The monoisotopic (exact) mass is 404 g/mol. The molecule has 3 aromatic carbocycles. The Bertz CT molecular complexity index is 931. The average Bonchev–Trinajstić information content (AvgIpc) is 2.85. The normalized spacial score (nSPS) is 12.5. The van der Waals surface area contributed by atoms with E-state index in [1.165, 1.54) is 0 Å². The zero-order chi connectivity index (χ0) is 22.1. The molecule has 4 heteroatoms. The van der Waals surface area contributed by atoms with Gasteiger partial charge in [-0.3, -0.25) is 0 Å². The summed E-state index contributed by atoms with van der Waals surface area (Å²) in [4.78, 5) is 0. The maximum Gasteiger partial charge on any atom is 0.212 e. The van der Waals surface area contributed by atoms with Crippen molar-refractivity contribution in [2.24, 2.45) is 0 Å². The summed E-state index contributed by atoms with van der Waals surface area (Å²) in [5.74, 6) is 3.98. The predicted octanol–water partition coefficient (Wildman–Crippen LogP) is 4.40. The van der Waals surface area contributed by atoms with Crippen molar-refractivity contribution in [1.29, 1.82) is 1.43 Å². The van der Waals surface area contributed by atoms with Gasteiger partial charge in [0.25, 0.3) is 0 Å². The Labute approximate surface area is 179 Å². The molecule has 0 saturated heterocycles. The number of aliphatic hydroxyl groups is 1. The molecule has 30 heavy (non-hydrogen) atoms. The van der Waals surface area contributed by atoms with Crippen molar-refractivity contribution in [1.82, 2.24) is 0 Å². The summed E-state index contributed by atoms with van der Waals surface area (Å²) in [5.41, 5.74) is 1.94. The molecule has 3 rings (SSSR count). The molecule has 0 saturated carbocycles. The van der Waals surface area contributed by atoms with Crippen molar-refractivity contribution in [3.63, 3.8) is 0 Å². The van der Waals surface area contributed by atoms with E-state index in [9.17, 15) is 0 Å². The zero-order valence-electron chi connectivity index (χ0n) is 18.2. The van der Waals surface area contributed by atoms with E-state index in [4.69, 9.17) is 22.1 Å². The first-order chi connectivity index (χ1) is 15.2. The maximum atomic E-state index is 7.15. The van der Waals surface area contributed by atoms with Crippen LogP contribution in [0.15, 0.2) is 78.9 Å². The Morgan fingerprint density at radius 3 is 1.80 bits per heavy atom. The summed E-state index contributed by atoms with van der Waals surface area (Å²) < 4.78 is 24.5. The first-order valence-corrected chi connectivity index (χ1v) is 9.74. The molecule has 0 unspecified atom stereocenters. The minimum atomic E-state index is -0.902. The molecule has 3 aromatic rings. The van der Waals surface area contributed by atoms with E-state index in [1.54, 1.807) is 14.2 Å². The van der Waals surface area contributed by atoms with Crippen LogP contribution in [-0.2, 0) is 10.3 Å². The Morgan fingerprint density at radius 2 is 1.37 bits per heavy atom. The number of terminal acetylenes is 1. The Balaban J connectivity index is 2.14. The highest BCUT2D eigenvalue weighted by Gasteiger charge is 2.37. The standard InChI is InChI=1S/C26H26O4/c1-4-23(27)18-19-30-26(20-8-6-5-7-9-20,21-10-14-24(28-2)15-11-21)22-12-16-25(29-3)17-13-22/h1,5-17,23,27H,18-19H2,2-3H3/t23-/m1/s1/i27T. The van der Waals surface area contributed by atoms with Gasteiger partial charge in [-0.15, -0.1) is 6.42 Å². The highest BCUT2D eigenvalue weighted by atomic mass is 16.5. The van der Waals surface area contributed by atoms with Crippen molar-refractivity contribution >= 4 is 0 Å². The number of benzene rings is 3. The average molecular weight is 404 g/mol.